The van der Waals surface area contributed by atoms with Crippen molar-refractivity contribution in [2.75, 3.05) is 0 Å². The third-order valence-electron chi connectivity index (χ3n) is 3.53. The van der Waals surface area contributed by atoms with Gasteiger partial charge in [0.15, 0.2) is 11.6 Å². The molecule has 6 heteroatoms. The molecule has 1 aromatic heterocycles. The molecule has 0 atom stereocenters. The minimum Gasteiger partial charge on any atom is -0.400 e. The standard InChI is InChI=1S/C13H16BF2NO2/c1-12(2)13(3,4)19-14(18-12)6-5-9-7-10(15)11(16)8-17-9/h5-8H,1-4H3/b6-5+. The van der Waals surface area contributed by atoms with E-state index in [0.717, 1.165) is 12.3 Å². The molecular formula is C13H16BF2NO2. The van der Waals surface area contributed by atoms with Crippen LogP contribution in [0.2, 0.25) is 0 Å². The monoisotopic (exact) mass is 267 g/mol. The lowest BCUT2D eigenvalue weighted by Gasteiger charge is -2.32. The first-order chi connectivity index (χ1) is 8.71. The van der Waals surface area contributed by atoms with E-state index in [1.165, 1.54) is 0 Å². The second-order valence-corrected chi connectivity index (χ2v) is 5.51. The van der Waals surface area contributed by atoms with E-state index in [0.29, 0.717) is 5.69 Å². The number of hydrogen-bond donors (Lipinski definition) is 0. The molecule has 2 heterocycles. The summed E-state index contributed by atoms with van der Waals surface area (Å²) >= 11 is 0. The lowest BCUT2D eigenvalue weighted by molar-refractivity contribution is 0.00578. The van der Waals surface area contributed by atoms with Crippen molar-refractivity contribution in [3.8, 4) is 0 Å². The Morgan fingerprint density at radius 1 is 1.11 bits per heavy atom. The lowest BCUT2D eigenvalue weighted by atomic mass is 9.89. The van der Waals surface area contributed by atoms with Crippen LogP contribution in [0.4, 0.5) is 8.78 Å². The number of nitrogens with zero attached hydrogens (tertiary/aromatic N) is 1. The molecule has 0 amide bonds. The zero-order chi connectivity index (χ0) is 14.3. The molecule has 1 aromatic rings. The molecule has 2 rings (SSSR count). The highest BCUT2D eigenvalue weighted by atomic mass is 19.2. The molecule has 3 nitrogen and oxygen atoms in total. The molecule has 0 aromatic carbocycles. The molecule has 0 unspecified atom stereocenters. The van der Waals surface area contributed by atoms with Crippen LogP contribution in [0.15, 0.2) is 18.2 Å². The van der Waals surface area contributed by atoms with Crippen molar-refractivity contribution in [3.05, 3.63) is 35.6 Å². The number of pyridine rings is 1. The third-order valence-corrected chi connectivity index (χ3v) is 3.53. The fourth-order valence-electron chi connectivity index (χ4n) is 1.66. The second kappa shape index (κ2) is 4.69. The Labute approximate surface area is 111 Å². The molecule has 19 heavy (non-hydrogen) atoms. The van der Waals surface area contributed by atoms with Crippen molar-refractivity contribution >= 4 is 13.2 Å². The summed E-state index contributed by atoms with van der Waals surface area (Å²) in [6, 6.07) is 1.02. The van der Waals surface area contributed by atoms with Crippen LogP contribution in [0.5, 0.6) is 0 Å². The van der Waals surface area contributed by atoms with Crippen LogP contribution < -0.4 is 0 Å². The van der Waals surface area contributed by atoms with E-state index in [9.17, 15) is 8.78 Å². The van der Waals surface area contributed by atoms with Gasteiger partial charge in [0.05, 0.1) is 23.1 Å². The van der Waals surface area contributed by atoms with Crippen LogP contribution in [0.1, 0.15) is 33.4 Å². The first-order valence-electron chi connectivity index (χ1n) is 6.06. The van der Waals surface area contributed by atoms with Crippen LogP contribution in [0.3, 0.4) is 0 Å². The first-order valence-corrected chi connectivity index (χ1v) is 6.06. The van der Waals surface area contributed by atoms with E-state index in [1.54, 1.807) is 12.1 Å². The summed E-state index contributed by atoms with van der Waals surface area (Å²) in [7, 11) is -0.528. The normalized spacial score (nSPS) is 21.3. The predicted molar refractivity (Wildman–Crippen MR) is 69.3 cm³/mol. The topological polar surface area (TPSA) is 31.4 Å². The molecule has 1 fully saturated rings. The first kappa shape index (κ1) is 14.2. The molecule has 0 aliphatic carbocycles. The molecule has 0 saturated carbocycles. The Bertz CT molecular complexity index is 501. The van der Waals surface area contributed by atoms with Crippen molar-refractivity contribution in [3.63, 3.8) is 0 Å². The van der Waals surface area contributed by atoms with Gasteiger partial charge in [-0.05, 0) is 33.8 Å². The van der Waals surface area contributed by atoms with Gasteiger partial charge >= 0.3 is 7.12 Å². The minimum atomic E-state index is -0.965. The van der Waals surface area contributed by atoms with Gasteiger partial charge in [0.2, 0.25) is 0 Å². The summed E-state index contributed by atoms with van der Waals surface area (Å²) in [6.07, 6.45) is 2.39. The van der Waals surface area contributed by atoms with E-state index in [1.807, 2.05) is 27.7 Å². The van der Waals surface area contributed by atoms with Gasteiger partial charge in [-0.1, -0.05) is 5.98 Å². The summed E-state index contributed by atoms with van der Waals surface area (Å²) in [5.41, 5.74) is -0.541. The van der Waals surface area contributed by atoms with E-state index >= 15 is 0 Å². The second-order valence-electron chi connectivity index (χ2n) is 5.51. The molecule has 1 saturated heterocycles. The van der Waals surface area contributed by atoms with E-state index in [4.69, 9.17) is 9.31 Å². The van der Waals surface area contributed by atoms with Gasteiger partial charge in [-0.3, -0.25) is 4.98 Å². The van der Waals surface area contributed by atoms with Crippen LogP contribution in [-0.2, 0) is 9.31 Å². The van der Waals surface area contributed by atoms with Crippen LogP contribution >= 0.6 is 0 Å². The molecule has 0 spiro atoms. The van der Waals surface area contributed by atoms with Gasteiger partial charge in [-0.2, -0.15) is 0 Å². The highest BCUT2D eigenvalue weighted by Crippen LogP contribution is 2.36. The van der Waals surface area contributed by atoms with E-state index in [-0.39, 0.29) is 0 Å². The maximum Gasteiger partial charge on any atom is 0.487 e. The van der Waals surface area contributed by atoms with Crippen LogP contribution in [-0.4, -0.2) is 23.3 Å². The summed E-state index contributed by atoms with van der Waals surface area (Å²) in [5.74, 6) is -0.257. The summed E-state index contributed by atoms with van der Waals surface area (Å²) in [5, 5.41) is 0. The van der Waals surface area contributed by atoms with Crippen molar-refractivity contribution in [2.24, 2.45) is 0 Å². The molecule has 0 bridgehead atoms. The summed E-state index contributed by atoms with van der Waals surface area (Å²) in [4.78, 5) is 3.76. The maximum atomic E-state index is 13.0. The van der Waals surface area contributed by atoms with E-state index in [2.05, 4.69) is 4.98 Å². The Morgan fingerprint density at radius 3 is 2.21 bits per heavy atom. The van der Waals surface area contributed by atoms with E-state index < -0.39 is 30.0 Å². The Hall–Kier alpha value is -1.27. The Morgan fingerprint density at radius 2 is 1.68 bits per heavy atom. The number of rotatable bonds is 2. The molecule has 0 radical (unpaired) electrons. The fourth-order valence-corrected chi connectivity index (χ4v) is 1.66. The van der Waals surface area contributed by atoms with Crippen LogP contribution in [0.25, 0.3) is 6.08 Å². The quantitative estimate of drug-likeness (QED) is 0.772. The molecule has 102 valence electrons. The Kier molecular flexibility index (Phi) is 3.49. The molecule has 1 aliphatic heterocycles. The number of aromatic nitrogens is 1. The van der Waals surface area contributed by atoms with Gasteiger partial charge in [0.25, 0.3) is 0 Å². The summed E-state index contributed by atoms with van der Waals surface area (Å²) < 4.78 is 37.2. The highest BCUT2D eigenvalue weighted by Gasteiger charge is 2.49. The van der Waals surface area contributed by atoms with Gasteiger partial charge in [-0.25, -0.2) is 8.78 Å². The SMILES string of the molecule is CC1(C)OB(/C=C/c2cc(F)c(F)cn2)OC1(C)C. The average Bonchev–Trinajstić information content (AvgIpc) is 2.49. The number of halogens is 2. The number of hydrogen-bond acceptors (Lipinski definition) is 3. The maximum absolute atomic E-state index is 13.0. The van der Waals surface area contributed by atoms with Crippen LogP contribution in [0, 0.1) is 11.6 Å². The van der Waals surface area contributed by atoms with Crippen molar-refractivity contribution in [1.29, 1.82) is 0 Å². The summed E-state index contributed by atoms with van der Waals surface area (Å²) in [6.45, 7) is 7.76. The van der Waals surface area contributed by atoms with Crippen molar-refractivity contribution in [2.45, 2.75) is 38.9 Å². The fraction of sp³-hybridized carbons (Fsp3) is 0.462. The van der Waals surface area contributed by atoms with Gasteiger partial charge < -0.3 is 9.31 Å². The lowest BCUT2D eigenvalue weighted by Crippen LogP contribution is -2.41. The van der Waals surface area contributed by atoms with Crippen molar-refractivity contribution in [1.82, 2.24) is 4.98 Å². The van der Waals surface area contributed by atoms with Gasteiger partial charge in [0.1, 0.15) is 0 Å². The predicted octanol–water partition coefficient (Wildman–Crippen LogP) is 3.00. The zero-order valence-electron chi connectivity index (χ0n) is 11.4. The van der Waals surface area contributed by atoms with Gasteiger partial charge in [-0.15, -0.1) is 0 Å². The Balaban J connectivity index is 2.10. The third kappa shape index (κ3) is 2.85. The molecule has 0 N–H and O–H groups in total. The highest BCUT2D eigenvalue weighted by molar-refractivity contribution is 6.52. The molecule has 1 aliphatic rings. The largest absolute Gasteiger partial charge is 0.487 e. The average molecular weight is 267 g/mol. The smallest absolute Gasteiger partial charge is 0.400 e. The van der Waals surface area contributed by atoms with Crippen molar-refractivity contribution < 1.29 is 18.1 Å². The minimum absolute atomic E-state index is 0.314. The van der Waals surface area contributed by atoms with Gasteiger partial charge in [0, 0.05) is 6.07 Å². The molecular weight excluding hydrogens is 251 g/mol. The zero-order valence-corrected chi connectivity index (χ0v) is 11.4.